The number of ketones is 1. The molecule has 480 valence electrons. The number of methoxy groups -OCH3 is 1. The Labute approximate surface area is 526 Å². The fourth-order valence-electron chi connectivity index (χ4n) is 5.73. The molecule has 0 aliphatic heterocycles. The number of hydrogen-bond donors (Lipinski definition) is 5. The van der Waals surface area contributed by atoms with E-state index in [-0.39, 0.29) is 124 Å². The van der Waals surface area contributed by atoms with Gasteiger partial charge in [-0.2, -0.15) is 12.6 Å². The number of hydrogen-bond acceptors (Lipinski definition) is 25. The van der Waals surface area contributed by atoms with Crippen LogP contribution < -0.4 is 0 Å². The third-order valence-electron chi connectivity index (χ3n) is 10.1. The Balaban J connectivity index is -0.000000312. The second-order valence-corrected chi connectivity index (χ2v) is 26.2. The molecule has 0 amide bonds. The van der Waals surface area contributed by atoms with E-state index in [1.165, 1.54) is 6.92 Å². The predicted molar refractivity (Wildman–Crippen MR) is 316 cm³/mol. The Hall–Kier alpha value is -2.07. The molecule has 0 aromatic carbocycles. The Morgan fingerprint density at radius 3 is 1.02 bits per heavy atom. The number of rotatable bonds is 50. The van der Waals surface area contributed by atoms with E-state index in [1.807, 2.05) is 0 Å². The van der Waals surface area contributed by atoms with Gasteiger partial charge in [-0.3, -0.25) is 43.2 Å². The van der Waals surface area contributed by atoms with Crippen LogP contribution in [0, 0.1) is 0 Å². The first-order valence-electron chi connectivity index (χ1n) is 28.3. The van der Waals surface area contributed by atoms with Crippen LogP contribution in [0.15, 0.2) is 0 Å². The molecule has 0 spiro atoms. The quantitative estimate of drug-likeness (QED) is 0.00724. The second kappa shape index (κ2) is 66.5. The Kier molecular flexibility index (Phi) is 68.2. The van der Waals surface area contributed by atoms with Gasteiger partial charge in [0.15, 0.2) is 0 Å². The van der Waals surface area contributed by atoms with Crippen LogP contribution in [0.5, 0.6) is 0 Å². The molecule has 0 saturated heterocycles. The zero-order valence-corrected chi connectivity index (χ0v) is 56.0. The number of carbonyl (C=O) groups is 10. The van der Waals surface area contributed by atoms with Crippen molar-refractivity contribution in [3.63, 3.8) is 0 Å². The summed E-state index contributed by atoms with van der Waals surface area (Å²) in [5, 5.41) is 31.7. The van der Waals surface area contributed by atoms with E-state index < -0.39 is 77.2 Å². The molecule has 0 bridgehead atoms. The fourth-order valence-corrected chi connectivity index (χ4v) is 8.79. The monoisotopic (exact) mass is 1370 g/mol. The summed E-state index contributed by atoms with van der Waals surface area (Å²) >= 11 is 12.9. The normalized spacial score (nSPS) is 11.5. The van der Waals surface area contributed by atoms with Crippen molar-refractivity contribution < 1.29 is 126 Å². The van der Waals surface area contributed by atoms with Crippen molar-refractivity contribution in [1.82, 2.24) is 0 Å². The maximum absolute atomic E-state index is 12.8. The third-order valence-corrected chi connectivity index (χ3v) is 13.9. The van der Waals surface area contributed by atoms with Crippen molar-refractivity contribution in [2.75, 3.05) is 86.4 Å². The van der Waals surface area contributed by atoms with Crippen molar-refractivity contribution in [1.29, 1.82) is 0 Å². The summed E-state index contributed by atoms with van der Waals surface area (Å²) in [7, 11) is 13.4. The number of esters is 7. The van der Waals surface area contributed by atoms with Gasteiger partial charge in [0.25, 0.3) is 0 Å². The molecule has 0 aliphatic carbocycles. The topological polar surface area (TPSA) is 325 Å². The molecular formula is C52H92Cl4O22S3Zn. The molecule has 4 N–H and O–H groups in total. The number of aliphatic hydroxyl groups is 4. The molecule has 0 fully saturated rings. The van der Waals surface area contributed by atoms with Crippen LogP contribution in [0.1, 0.15) is 172 Å². The Bertz CT molecular complexity index is 1630. The number of thiol groups is 1. The fraction of sp³-hybridized carbons (Fsp3) is 0.808. The van der Waals surface area contributed by atoms with Gasteiger partial charge in [-0.25, -0.2) is 0 Å². The van der Waals surface area contributed by atoms with Crippen molar-refractivity contribution in [2.45, 2.75) is 183 Å². The number of halogens is 4. The van der Waals surface area contributed by atoms with Gasteiger partial charge >= 0.3 is 76.3 Å². The molecule has 0 rings (SSSR count). The van der Waals surface area contributed by atoms with Crippen molar-refractivity contribution in [2.24, 2.45) is 0 Å². The molecule has 0 heterocycles. The third kappa shape index (κ3) is 67.1. The maximum atomic E-state index is 12.8. The first-order valence-corrected chi connectivity index (χ1v) is 38.7. The molecule has 3 unspecified atom stereocenters. The second-order valence-electron chi connectivity index (χ2n) is 17.4. The van der Waals surface area contributed by atoms with Crippen molar-refractivity contribution in [3.05, 3.63) is 0 Å². The summed E-state index contributed by atoms with van der Waals surface area (Å²) in [6.45, 7) is 3.62. The minimum absolute atomic E-state index is 0. The molecule has 3 atom stereocenters. The average molecular weight is 1380 g/mol. The summed E-state index contributed by atoms with van der Waals surface area (Å²) in [5.41, 5.74) is 0. The zero-order chi connectivity index (χ0) is 64.4. The molecule has 22 nitrogen and oxygen atoms in total. The van der Waals surface area contributed by atoms with Crippen LogP contribution in [0.2, 0.25) is 0 Å². The van der Waals surface area contributed by atoms with Gasteiger partial charge in [0.2, 0.25) is 10.5 Å². The molecule has 0 aromatic rings. The number of carbonyl (C=O) groups excluding carboxylic acids is 10. The summed E-state index contributed by atoms with van der Waals surface area (Å²) in [5.74, 6) is -3.99. The van der Waals surface area contributed by atoms with Crippen LogP contribution in [0.25, 0.3) is 0 Å². The van der Waals surface area contributed by atoms with Gasteiger partial charge in [-0.15, -0.1) is 0 Å². The number of aliphatic hydroxyl groups excluding tert-OH is 4. The van der Waals surface area contributed by atoms with Crippen LogP contribution in [0.4, 0.5) is 0 Å². The van der Waals surface area contributed by atoms with Gasteiger partial charge in [0.1, 0.15) is 21.5 Å². The minimum atomic E-state index is -1.01. The molecule has 0 aliphatic rings. The van der Waals surface area contributed by atoms with Gasteiger partial charge in [-0.05, 0) is 146 Å². The first-order chi connectivity index (χ1) is 40.3. The number of Topliss-reactive ketones (excluding diaryl/α,β-unsaturated/α-hetero) is 1. The van der Waals surface area contributed by atoms with Gasteiger partial charge in [0.05, 0.1) is 71.9 Å². The van der Waals surface area contributed by atoms with Crippen LogP contribution >= 0.6 is 76.8 Å². The van der Waals surface area contributed by atoms with E-state index in [2.05, 4.69) is 12.6 Å². The van der Waals surface area contributed by atoms with Gasteiger partial charge in [0, 0.05) is 63.8 Å². The van der Waals surface area contributed by atoms with Crippen LogP contribution in [-0.2, 0) is 101 Å². The van der Waals surface area contributed by atoms with E-state index in [0.29, 0.717) is 103 Å². The SMILES string of the molecule is COCCCCCOC(=O)C(S)CC(=O)OCCCCCOC(=O)CCC(C)=O.O=C(CC(SSC(CC(=O)OCCCCCO)C(=O)OCCCCCO)C(=O)OCCCCCO)OCCCCCO.O=C(Cl)CCC(=O)Cl.[2H][3H].[3HH].[Cl][Zn][Cl]. The molecule has 82 heavy (non-hydrogen) atoms. The van der Waals surface area contributed by atoms with E-state index in [9.17, 15) is 47.9 Å². The first kappa shape index (κ1) is 84.1. The number of ether oxygens (including phenoxy) is 8. The molecule has 0 aromatic heterocycles. The summed E-state index contributed by atoms with van der Waals surface area (Å²) in [6.07, 6.45) is 11.5. The van der Waals surface area contributed by atoms with E-state index in [0.717, 1.165) is 47.3 Å². The standard InChI is InChI=1S/C28H50O12S2.C20H34O8S.C4H4Cl2O2.2ClH.Zn.2H2/c29-13-5-1-9-17-37-25(33)21-23(27(35)39-19-11-3-7-15-31)41-42-24(28(36)40-20-12-4-8-16-32)22-26(34)38-18-10-2-6-14-30;1-16(21)9-10-18(22)26-12-6-4-7-13-27-19(23)15-17(29)20(24)28-14-8-3-5-11-25-2;5-3(7)1-2-4(6)8;;;;;/h23-24,29-32H,1-22H2;17,29H,3-15H2,1-2H3;1-2H2;2*1H;;2*1H/q;;;;;+2;;/p-2/i;;;;;;1+2D;1+2. The average Bonchev–Trinajstić information content (AvgIpc) is 3.52. The summed E-state index contributed by atoms with van der Waals surface area (Å²) in [4.78, 5) is 116. The van der Waals surface area contributed by atoms with Crippen LogP contribution in [-0.4, -0.2) is 181 Å². The predicted octanol–water partition coefficient (Wildman–Crippen LogP) is 8.54. The van der Waals surface area contributed by atoms with Crippen LogP contribution in [0.3, 0.4) is 0 Å². The zero-order valence-electron chi connectivity index (χ0n) is 49.5. The Morgan fingerprint density at radius 2 is 0.720 bits per heavy atom. The molecular weight excluding hydrogens is 1280 g/mol. The summed E-state index contributed by atoms with van der Waals surface area (Å²) in [6, 6.07) is 0. The molecule has 0 radical (unpaired) electrons. The molecule has 30 heteroatoms. The van der Waals surface area contributed by atoms with E-state index in [4.69, 9.17) is 104 Å². The van der Waals surface area contributed by atoms with Crippen molar-refractivity contribution >= 4 is 135 Å². The van der Waals surface area contributed by atoms with Crippen molar-refractivity contribution in [3.8, 4) is 0 Å². The number of unbranched alkanes of at least 4 members (excludes halogenated alkanes) is 12. The Morgan fingerprint density at radius 1 is 0.439 bits per heavy atom. The summed E-state index contributed by atoms with van der Waals surface area (Å²) < 4.78 is 51.2. The van der Waals surface area contributed by atoms with Gasteiger partial charge < -0.3 is 63.1 Å². The van der Waals surface area contributed by atoms with E-state index in [1.54, 1.807) is 7.11 Å². The molecule has 0 saturated carbocycles. The van der Waals surface area contributed by atoms with Gasteiger partial charge in [-0.1, -0.05) is 21.6 Å². The van der Waals surface area contributed by atoms with E-state index >= 15 is 0 Å².